The van der Waals surface area contributed by atoms with Crippen molar-refractivity contribution in [3.05, 3.63) is 55.8 Å². The van der Waals surface area contributed by atoms with Crippen LogP contribution in [-0.4, -0.2) is 108 Å². The molecule has 5 fully saturated rings. The van der Waals surface area contributed by atoms with Gasteiger partial charge in [0.2, 0.25) is 0 Å². The molecule has 5 aliphatic heterocycles. The highest BCUT2D eigenvalue weighted by Gasteiger charge is 2.67. The molecular formula is C36H59N5O12Si2. The van der Waals surface area contributed by atoms with Crippen molar-refractivity contribution in [2.75, 3.05) is 32.2 Å². The monoisotopic (exact) mass is 809 g/mol. The van der Waals surface area contributed by atoms with Crippen LogP contribution >= 0.6 is 0 Å². The number of fused-ring (bicyclic) bond motifs is 2. The maximum atomic E-state index is 12.8. The first kappa shape index (κ1) is 42.1. The Balaban J connectivity index is 0.000000217. The molecule has 8 atom stereocenters. The average molecular weight is 810 g/mol. The molecule has 7 heterocycles. The largest absolute Gasteiger partial charge is 0.414 e. The molecule has 0 saturated carbocycles. The molecule has 308 valence electrons. The van der Waals surface area contributed by atoms with Crippen LogP contribution in [0.2, 0.25) is 22.2 Å². The number of nitrogens with zero attached hydrogens (tertiary/aromatic N) is 3. The van der Waals surface area contributed by atoms with Crippen molar-refractivity contribution in [1.29, 1.82) is 0 Å². The summed E-state index contributed by atoms with van der Waals surface area (Å²) in [5, 5.41) is 19.6. The highest BCUT2D eigenvalue weighted by atomic mass is 28.5. The van der Waals surface area contributed by atoms with E-state index in [1.807, 2.05) is 0 Å². The number of H-pyrrole nitrogens is 1. The third kappa shape index (κ3) is 7.17. The summed E-state index contributed by atoms with van der Waals surface area (Å²) in [6, 6.07) is 2.82. The Bertz CT molecular complexity index is 1810. The molecule has 19 heteroatoms. The Hall–Kier alpha value is -2.57. The van der Waals surface area contributed by atoms with Crippen LogP contribution < -0.4 is 22.7 Å². The molecule has 2 aromatic rings. The van der Waals surface area contributed by atoms with E-state index in [2.05, 4.69) is 65.4 Å². The molecule has 0 amide bonds. The summed E-state index contributed by atoms with van der Waals surface area (Å²) in [5.41, 5.74) is 2.83. The fraction of sp³-hybridized carbons (Fsp3) is 0.778. The van der Waals surface area contributed by atoms with Crippen LogP contribution in [0.1, 0.15) is 93.5 Å². The summed E-state index contributed by atoms with van der Waals surface area (Å²) in [4.78, 5) is 42.6. The molecule has 0 aliphatic carbocycles. The number of ether oxygens (including phenoxy) is 4. The molecule has 55 heavy (non-hydrogen) atoms. The van der Waals surface area contributed by atoms with Gasteiger partial charge in [-0.2, -0.15) is 4.98 Å². The van der Waals surface area contributed by atoms with Gasteiger partial charge in [0.1, 0.15) is 41.4 Å². The number of rotatable bonds is 7. The molecular weight excluding hydrogens is 751 g/mol. The van der Waals surface area contributed by atoms with Crippen molar-refractivity contribution in [2.45, 2.75) is 151 Å². The third-order valence-corrected chi connectivity index (χ3v) is 22.2. The van der Waals surface area contributed by atoms with Gasteiger partial charge in [0.05, 0.1) is 13.2 Å². The average Bonchev–Trinajstić information content (AvgIpc) is 3.91. The van der Waals surface area contributed by atoms with Gasteiger partial charge in [0.25, 0.3) is 5.56 Å². The molecule has 2 spiro atoms. The van der Waals surface area contributed by atoms with Gasteiger partial charge < -0.3 is 47.9 Å². The smallest absolute Gasteiger partial charge is 0.351 e. The molecule has 4 unspecified atom stereocenters. The Morgan fingerprint density at radius 3 is 1.98 bits per heavy atom. The zero-order valence-corrected chi connectivity index (χ0v) is 35.1. The number of aliphatic hydroxyl groups is 2. The number of nitrogens with one attached hydrogen (secondary N) is 1. The van der Waals surface area contributed by atoms with Crippen LogP contribution in [-0.2, 0) is 31.9 Å². The first-order valence-corrected chi connectivity index (χ1v) is 23.5. The van der Waals surface area contributed by atoms with Crippen molar-refractivity contribution in [3.63, 3.8) is 0 Å². The van der Waals surface area contributed by atoms with Gasteiger partial charge in [-0.05, 0) is 53.9 Å². The second-order valence-electron chi connectivity index (χ2n) is 16.6. The fourth-order valence-electron chi connectivity index (χ4n) is 9.22. The van der Waals surface area contributed by atoms with E-state index in [1.165, 1.54) is 33.7 Å². The quantitative estimate of drug-likeness (QED) is 0.296. The van der Waals surface area contributed by atoms with E-state index in [9.17, 15) is 24.6 Å². The minimum atomic E-state index is -2.88. The first-order valence-electron chi connectivity index (χ1n) is 19.5. The van der Waals surface area contributed by atoms with Gasteiger partial charge in [0, 0.05) is 31.7 Å². The number of aromatic amines is 1. The standard InChI is InChI=1S/C24H42N2O7Si2.C12H17N3O5/c1-15(2)34(16(3)4)30-14-19-21(32-35(33-34,17(5)6)18(7)8)24(11-9-13-29-24)22(31-19)26-12-10-20(27)25-23(26)28;13-8-2-4-15(11(18)14-8)10-12(3-1-5-19-12)9(17)7(6-16)20-10/h10,12,15-19,21-22H,9,11,13-14H2,1-8H3,(H,25,27,28);2,4,7,9-10,16-17H,1,3,5-6H2,(H2,13,14,18)/t19?,21-,22?,24-;7?,9-,10?,12-/m11/s1. The second-order valence-corrected chi connectivity index (χ2v) is 25.4. The van der Waals surface area contributed by atoms with Crippen LogP contribution in [0.3, 0.4) is 0 Å². The van der Waals surface area contributed by atoms with E-state index in [0.717, 1.165) is 12.8 Å². The summed E-state index contributed by atoms with van der Waals surface area (Å²) in [6.07, 6.45) is 1.57. The lowest BCUT2D eigenvalue weighted by Gasteiger charge is -2.52. The summed E-state index contributed by atoms with van der Waals surface area (Å²) in [7, 11) is -5.59. The predicted molar refractivity (Wildman–Crippen MR) is 205 cm³/mol. The summed E-state index contributed by atoms with van der Waals surface area (Å²) in [6.45, 7) is 18.5. The number of aromatic nitrogens is 4. The van der Waals surface area contributed by atoms with Crippen molar-refractivity contribution in [2.24, 2.45) is 0 Å². The molecule has 5 aliphatic rings. The lowest BCUT2D eigenvalue weighted by Crippen LogP contribution is -2.67. The van der Waals surface area contributed by atoms with E-state index in [-0.39, 0.29) is 34.6 Å². The first-order chi connectivity index (χ1) is 26.0. The van der Waals surface area contributed by atoms with E-state index in [4.69, 9.17) is 37.6 Å². The van der Waals surface area contributed by atoms with Crippen LogP contribution in [0.4, 0.5) is 5.82 Å². The topological polar surface area (TPSA) is 221 Å². The van der Waals surface area contributed by atoms with Crippen molar-refractivity contribution in [3.8, 4) is 0 Å². The Labute approximate surface area is 322 Å². The van der Waals surface area contributed by atoms with Crippen LogP contribution in [0.15, 0.2) is 38.9 Å². The van der Waals surface area contributed by atoms with Crippen molar-refractivity contribution < 1.29 is 42.1 Å². The summed E-state index contributed by atoms with van der Waals surface area (Å²) < 4.78 is 48.5. The minimum Gasteiger partial charge on any atom is -0.414 e. The van der Waals surface area contributed by atoms with Gasteiger partial charge in [-0.25, -0.2) is 9.59 Å². The SMILES string of the molecule is CC(C)[Si]1(C(C)C)OCC2OC(n3ccc(=O)[nH]c3=O)[C@@]3(CCCO3)[C@@H]2O[Si](C(C)C)(C(C)C)O1.Nc1ccn(C2OC(CO)[C@@H](O)[C@]23CCCO3)c(=O)n1. The zero-order valence-electron chi connectivity index (χ0n) is 33.1. The zero-order chi connectivity index (χ0) is 40.1. The van der Waals surface area contributed by atoms with Gasteiger partial charge in [-0.15, -0.1) is 0 Å². The van der Waals surface area contributed by atoms with E-state index >= 15 is 0 Å². The number of nitrogen functional groups attached to an aromatic ring is 1. The molecule has 0 bridgehead atoms. The number of anilines is 1. The molecule has 5 saturated heterocycles. The number of hydrogen-bond acceptors (Lipinski definition) is 14. The van der Waals surface area contributed by atoms with E-state index in [1.54, 1.807) is 0 Å². The lowest BCUT2D eigenvalue weighted by molar-refractivity contribution is -0.121. The number of hydrogen-bond donors (Lipinski definition) is 4. The molecule has 0 radical (unpaired) electrons. The van der Waals surface area contributed by atoms with Gasteiger partial charge in [-0.1, -0.05) is 55.4 Å². The molecule has 17 nitrogen and oxygen atoms in total. The van der Waals surface area contributed by atoms with Gasteiger partial charge in [-0.3, -0.25) is 18.9 Å². The highest BCUT2D eigenvalue weighted by Crippen LogP contribution is 2.54. The molecule has 5 N–H and O–H groups in total. The molecule has 2 aromatic heterocycles. The van der Waals surface area contributed by atoms with Gasteiger partial charge in [0.15, 0.2) is 12.5 Å². The second kappa shape index (κ2) is 16.0. The number of nitrogens with two attached hydrogens (primary N) is 1. The number of aliphatic hydroxyl groups excluding tert-OH is 2. The van der Waals surface area contributed by atoms with Crippen LogP contribution in [0.5, 0.6) is 0 Å². The third-order valence-electron chi connectivity index (χ3n) is 12.0. The Morgan fingerprint density at radius 1 is 0.873 bits per heavy atom. The highest BCUT2D eigenvalue weighted by molar-refractivity contribution is 6.84. The van der Waals surface area contributed by atoms with E-state index < -0.39 is 82.1 Å². The molecule has 7 rings (SSSR count). The Morgan fingerprint density at radius 2 is 1.45 bits per heavy atom. The predicted octanol–water partition coefficient (Wildman–Crippen LogP) is 2.56. The maximum Gasteiger partial charge on any atom is 0.351 e. The normalized spacial score (nSPS) is 34.1. The lowest BCUT2D eigenvalue weighted by atomic mass is 9.91. The van der Waals surface area contributed by atoms with Crippen molar-refractivity contribution in [1.82, 2.24) is 19.1 Å². The summed E-state index contributed by atoms with van der Waals surface area (Å²) >= 11 is 0. The summed E-state index contributed by atoms with van der Waals surface area (Å²) in [5.74, 6) is 0.116. The minimum absolute atomic E-state index is 0.116. The maximum absolute atomic E-state index is 12.8. The van der Waals surface area contributed by atoms with Crippen LogP contribution in [0.25, 0.3) is 0 Å². The van der Waals surface area contributed by atoms with Crippen molar-refractivity contribution >= 4 is 22.9 Å². The van der Waals surface area contributed by atoms with Crippen LogP contribution in [0, 0.1) is 0 Å². The molecule has 0 aromatic carbocycles. The fourth-order valence-corrected chi connectivity index (χ4v) is 20.5. The van der Waals surface area contributed by atoms with E-state index in [0.29, 0.717) is 32.7 Å². The van der Waals surface area contributed by atoms with Gasteiger partial charge >= 0.3 is 28.5 Å². The Kier molecular flexibility index (Phi) is 12.2.